The van der Waals surface area contributed by atoms with Gasteiger partial charge in [-0.3, -0.25) is 9.00 Å². The lowest BCUT2D eigenvalue weighted by Crippen LogP contribution is -2.33. The van der Waals surface area contributed by atoms with Crippen LogP contribution in [0.5, 0.6) is 0 Å². The van der Waals surface area contributed by atoms with Crippen LogP contribution in [0.25, 0.3) is 0 Å². The maximum absolute atomic E-state index is 12.2. The number of aliphatic carboxylic acids is 1. The summed E-state index contributed by atoms with van der Waals surface area (Å²) in [6, 6.07) is 0. The lowest BCUT2D eigenvalue weighted by molar-refractivity contribution is -0.136. The van der Waals surface area contributed by atoms with Gasteiger partial charge in [0.25, 0.3) is 0 Å². The molecule has 0 spiro atoms. The van der Waals surface area contributed by atoms with Gasteiger partial charge in [0, 0.05) is 16.0 Å². The number of rotatable bonds is 6. The smallest absolute Gasteiger partial charge is 0.319 e. The quantitative estimate of drug-likeness (QED) is 0.784. The van der Waals surface area contributed by atoms with Gasteiger partial charge in [-0.05, 0) is 19.3 Å². The van der Waals surface area contributed by atoms with Crippen molar-refractivity contribution < 1.29 is 14.1 Å². The first-order valence-electron chi connectivity index (χ1n) is 6.29. The van der Waals surface area contributed by atoms with Crippen molar-refractivity contribution in [1.29, 1.82) is 0 Å². The molecule has 3 nitrogen and oxygen atoms in total. The van der Waals surface area contributed by atoms with Crippen molar-refractivity contribution in [1.82, 2.24) is 0 Å². The summed E-state index contributed by atoms with van der Waals surface area (Å²) in [7, 11) is -1.18. The molecule has 2 atom stereocenters. The third-order valence-corrected chi connectivity index (χ3v) is 5.38. The third-order valence-electron chi connectivity index (χ3n) is 3.26. The van der Waals surface area contributed by atoms with Gasteiger partial charge >= 0.3 is 5.97 Å². The van der Waals surface area contributed by atoms with Crippen molar-refractivity contribution in [2.75, 3.05) is 0 Å². The van der Waals surface area contributed by atoms with Crippen LogP contribution in [0.4, 0.5) is 0 Å². The first kappa shape index (κ1) is 13.7. The molecule has 1 fully saturated rings. The van der Waals surface area contributed by atoms with Crippen molar-refractivity contribution in [3.05, 3.63) is 0 Å². The Hall–Kier alpha value is -0.380. The zero-order chi connectivity index (χ0) is 12.0. The fraction of sp³-hybridized carbons (Fsp3) is 0.917. The summed E-state index contributed by atoms with van der Waals surface area (Å²) in [4.78, 5) is 11.1. The first-order chi connectivity index (χ1) is 7.66. The predicted octanol–water partition coefficient (Wildman–Crippen LogP) is 2.71. The Labute approximate surface area is 100 Å². The standard InChI is InChI=1S/C12H22O3S/c1-2-3-9-11(12(13)14)16(15)10-7-5-4-6-8-10/h10-11H,2-9H2,1H3,(H,13,14). The van der Waals surface area contributed by atoms with E-state index in [0.717, 1.165) is 38.5 Å². The SMILES string of the molecule is CCCCC(C(=O)O)S(=O)C1CCCCC1. The molecule has 0 bridgehead atoms. The van der Waals surface area contributed by atoms with Gasteiger partial charge in [-0.15, -0.1) is 0 Å². The van der Waals surface area contributed by atoms with Gasteiger partial charge in [0.2, 0.25) is 0 Å². The molecule has 1 saturated carbocycles. The molecule has 1 rings (SSSR count). The number of carboxylic acid groups (broad SMARTS) is 1. The average Bonchev–Trinajstić information content (AvgIpc) is 2.30. The number of carboxylic acids is 1. The van der Waals surface area contributed by atoms with E-state index in [4.69, 9.17) is 5.11 Å². The third kappa shape index (κ3) is 3.89. The number of carbonyl (C=O) groups is 1. The molecule has 0 radical (unpaired) electrons. The van der Waals surface area contributed by atoms with Crippen molar-refractivity contribution >= 4 is 16.8 Å². The van der Waals surface area contributed by atoms with Crippen LogP contribution in [0.15, 0.2) is 0 Å². The molecule has 16 heavy (non-hydrogen) atoms. The van der Waals surface area contributed by atoms with Crippen LogP contribution >= 0.6 is 0 Å². The summed E-state index contributed by atoms with van der Waals surface area (Å²) in [6.45, 7) is 2.03. The molecule has 4 heteroatoms. The van der Waals surface area contributed by atoms with E-state index < -0.39 is 22.0 Å². The van der Waals surface area contributed by atoms with E-state index in [0.29, 0.717) is 6.42 Å². The zero-order valence-corrected chi connectivity index (χ0v) is 10.8. The molecular weight excluding hydrogens is 224 g/mol. The molecule has 0 amide bonds. The summed E-state index contributed by atoms with van der Waals surface area (Å²) < 4.78 is 12.2. The number of unbranched alkanes of at least 4 members (excludes halogenated alkanes) is 1. The fourth-order valence-electron chi connectivity index (χ4n) is 2.26. The Bertz CT molecular complexity index is 247. The van der Waals surface area contributed by atoms with Gasteiger partial charge in [0.15, 0.2) is 0 Å². The second-order valence-electron chi connectivity index (χ2n) is 4.56. The van der Waals surface area contributed by atoms with E-state index in [1.807, 2.05) is 6.92 Å². The van der Waals surface area contributed by atoms with E-state index in [2.05, 4.69) is 0 Å². The monoisotopic (exact) mass is 246 g/mol. The van der Waals surface area contributed by atoms with Gasteiger partial charge in [0.1, 0.15) is 5.25 Å². The van der Waals surface area contributed by atoms with Crippen LogP contribution in [-0.4, -0.2) is 25.8 Å². The summed E-state index contributed by atoms with van der Waals surface area (Å²) in [5.74, 6) is -0.877. The van der Waals surface area contributed by atoms with Crippen LogP contribution in [0.2, 0.25) is 0 Å². The second kappa shape index (κ2) is 7.05. The van der Waals surface area contributed by atoms with Gasteiger partial charge in [0.05, 0.1) is 0 Å². The summed E-state index contributed by atoms with van der Waals surface area (Å²) in [6.07, 6.45) is 7.70. The van der Waals surface area contributed by atoms with Gasteiger partial charge in [-0.25, -0.2) is 0 Å². The molecule has 0 aromatic heterocycles. The van der Waals surface area contributed by atoms with E-state index in [-0.39, 0.29) is 5.25 Å². The molecule has 0 heterocycles. The molecule has 2 unspecified atom stereocenters. The summed E-state index contributed by atoms with van der Waals surface area (Å²) >= 11 is 0. The summed E-state index contributed by atoms with van der Waals surface area (Å²) in [5.41, 5.74) is 0. The van der Waals surface area contributed by atoms with Crippen molar-refractivity contribution in [2.45, 2.75) is 68.8 Å². The summed E-state index contributed by atoms with van der Waals surface area (Å²) in [5, 5.41) is 8.60. The van der Waals surface area contributed by atoms with Crippen LogP contribution in [0.3, 0.4) is 0 Å². The number of hydrogen-bond acceptors (Lipinski definition) is 2. The Morgan fingerprint density at radius 2 is 2.00 bits per heavy atom. The molecule has 1 aliphatic carbocycles. The van der Waals surface area contributed by atoms with E-state index >= 15 is 0 Å². The molecule has 1 aliphatic rings. The molecule has 0 aromatic carbocycles. The minimum absolute atomic E-state index is 0.131. The minimum Gasteiger partial charge on any atom is -0.480 e. The fourth-order valence-corrected chi connectivity index (χ4v) is 4.12. The Kier molecular flexibility index (Phi) is 6.03. The maximum atomic E-state index is 12.2. The van der Waals surface area contributed by atoms with Gasteiger partial charge in [-0.1, -0.05) is 39.0 Å². The lowest BCUT2D eigenvalue weighted by Gasteiger charge is -2.24. The molecule has 94 valence electrons. The van der Waals surface area contributed by atoms with E-state index in [9.17, 15) is 9.00 Å². The van der Waals surface area contributed by atoms with E-state index in [1.54, 1.807) is 0 Å². The normalized spacial score (nSPS) is 21.6. The minimum atomic E-state index is -1.18. The van der Waals surface area contributed by atoms with Crippen LogP contribution < -0.4 is 0 Å². The van der Waals surface area contributed by atoms with Crippen LogP contribution in [-0.2, 0) is 15.6 Å². The Morgan fingerprint density at radius 1 is 1.38 bits per heavy atom. The highest BCUT2D eigenvalue weighted by Gasteiger charge is 2.30. The largest absolute Gasteiger partial charge is 0.480 e. The maximum Gasteiger partial charge on any atom is 0.319 e. The second-order valence-corrected chi connectivity index (χ2v) is 6.45. The van der Waals surface area contributed by atoms with Gasteiger partial charge in [-0.2, -0.15) is 0 Å². The first-order valence-corrected chi connectivity index (χ1v) is 7.56. The Morgan fingerprint density at radius 3 is 2.50 bits per heavy atom. The average molecular weight is 246 g/mol. The molecule has 1 N–H and O–H groups in total. The van der Waals surface area contributed by atoms with Crippen LogP contribution in [0, 0.1) is 0 Å². The topological polar surface area (TPSA) is 54.4 Å². The highest BCUT2D eigenvalue weighted by atomic mass is 32.2. The van der Waals surface area contributed by atoms with Crippen molar-refractivity contribution in [3.63, 3.8) is 0 Å². The molecular formula is C12H22O3S. The molecule has 0 saturated heterocycles. The van der Waals surface area contributed by atoms with Crippen molar-refractivity contribution in [3.8, 4) is 0 Å². The molecule has 0 aliphatic heterocycles. The Balaban J connectivity index is 2.54. The van der Waals surface area contributed by atoms with Crippen LogP contribution in [0.1, 0.15) is 58.3 Å². The van der Waals surface area contributed by atoms with E-state index in [1.165, 1.54) is 6.42 Å². The highest BCUT2D eigenvalue weighted by molar-refractivity contribution is 7.87. The number of hydrogen-bond donors (Lipinski definition) is 1. The lowest BCUT2D eigenvalue weighted by atomic mass is 10.0. The highest BCUT2D eigenvalue weighted by Crippen LogP contribution is 2.25. The zero-order valence-electron chi connectivity index (χ0n) is 9.98. The predicted molar refractivity (Wildman–Crippen MR) is 66.0 cm³/mol. The van der Waals surface area contributed by atoms with Gasteiger partial charge < -0.3 is 5.11 Å². The van der Waals surface area contributed by atoms with Crippen molar-refractivity contribution in [2.24, 2.45) is 0 Å². The molecule has 0 aromatic rings.